The highest BCUT2D eigenvalue weighted by molar-refractivity contribution is 9.10. The zero-order chi connectivity index (χ0) is 15.4. The first-order valence-corrected chi connectivity index (χ1v) is 8.20. The fourth-order valence-corrected chi connectivity index (χ4v) is 3.05. The van der Waals surface area contributed by atoms with E-state index in [0.29, 0.717) is 6.04 Å². The standard InChI is InChI=1S/C16H23BrN4/c1-5-18-14(13-8-6-7-12(4)16(13)17)9-15-19-10-20-21(15)11(2)3/h6-8,10-11,14,18H,5,9H2,1-4H3. The van der Waals surface area contributed by atoms with E-state index in [9.17, 15) is 0 Å². The molecule has 0 fully saturated rings. The minimum atomic E-state index is 0.228. The van der Waals surface area contributed by atoms with Crippen molar-refractivity contribution in [3.05, 3.63) is 46.0 Å². The summed E-state index contributed by atoms with van der Waals surface area (Å²) in [6, 6.07) is 6.94. The second-order valence-electron chi connectivity index (χ2n) is 5.51. The van der Waals surface area contributed by atoms with E-state index in [-0.39, 0.29) is 6.04 Å². The van der Waals surface area contributed by atoms with Gasteiger partial charge in [0.25, 0.3) is 0 Å². The van der Waals surface area contributed by atoms with Crippen molar-refractivity contribution in [3.63, 3.8) is 0 Å². The molecule has 21 heavy (non-hydrogen) atoms. The van der Waals surface area contributed by atoms with Crippen molar-refractivity contribution in [3.8, 4) is 0 Å². The molecule has 2 rings (SSSR count). The summed E-state index contributed by atoms with van der Waals surface area (Å²) < 4.78 is 3.17. The number of benzene rings is 1. The summed E-state index contributed by atoms with van der Waals surface area (Å²) in [7, 11) is 0. The minimum absolute atomic E-state index is 0.228. The van der Waals surface area contributed by atoms with Gasteiger partial charge in [-0.3, -0.25) is 0 Å². The third kappa shape index (κ3) is 3.71. The van der Waals surface area contributed by atoms with E-state index in [2.05, 4.69) is 77.2 Å². The molecule has 0 bridgehead atoms. The molecule has 0 aliphatic rings. The number of aryl methyl sites for hydroxylation is 1. The lowest BCUT2D eigenvalue weighted by atomic mass is 10.0. The van der Waals surface area contributed by atoms with Crippen LogP contribution in [0.15, 0.2) is 29.0 Å². The first-order valence-electron chi connectivity index (χ1n) is 7.41. The Hall–Kier alpha value is -1.20. The van der Waals surface area contributed by atoms with Crippen molar-refractivity contribution in [2.45, 2.75) is 46.2 Å². The average molecular weight is 351 g/mol. The Morgan fingerprint density at radius 1 is 1.33 bits per heavy atom. The zero-order valence-electron chi connectivity index (χ0n) is 13.1. The van der Waals surface area contributed by atoms with E-state index in [1.54, 1.807) is 6.33 Å². The summed E-state index contributed by atoms with van der Waals surface area (Å²) >= 11 is 3.72. The third-order valence-electron chi connectivity index (χ3n) is 3.57. The monoisotopic (exact) mass is 350 g/mol. The van der Waals surface area contributed by atoms with E-state index in [0.717, 1.165) is 18.8 Å². The maximum atomic E-state index is 4.43. The molecule has 1 aromatic carbocycles. The lowest BCUT2D eigenvalue weighted by Gasteiger charge is -2.21. The van der Waals surface area contributed by atoms with Gasteiger partial charge in [-0.1, -0.05) is 41.1 Å². The van der Waals surface area contributed by atoms with Gasteiger partial charge in [-0.15, -0.1) is 0 Å². The molecule has 0 saturated heterocycles. The van der Waals surface area contributed by atoms with Gasteiger partial charge in [-0.2, -0.15) is 5.10 Å². The van der Waals surface area contributed by atoms with E-state index in [1.165, 1.54) is 15.6 Å². The molecule has 0 spiro atoms. The number of hydrogen-bond acceptors (Lipinski definition) is 3. The molecular formula is C16H23BrN4. The minimum Gasteiger partial charge on any atom is -0.310 e. The summed E-state index contributed by atoms with van der Waals surface area (Å²) in [6.45, 7) is 9.42. The van der Waals surface area contributed by atoms with E-state index >= 15 is 0 Å². The molecule has 5 heteroatoms. The molecular weight excluding hydrogens is 328 g/mol. The van der Waals surface area contributed by atoms with Gasteiger partial charge in [0.05, 0.1) is 0 Å². The summed E-state index contributed by atoms with van der Waals surface area (Å²) in [6.07, 6.45) is 2.47. The van der Waals surface area contributed by atoms with Crippen molar-refractivity contribution in [1.82, 2.24) is 20.1 Å². The topological polar surface area (TPSA) is 42.7 Å². The molecule has 0 aliphatic carbocycles. The fraction of sp³-hybridized carbons (Fsp3) is 0.500. The van der Waals surface area contributed by atoms with Crippen LogP contribution >= 0.6 is 15.9 Å². The normalized spacial score (nSPS) is 12.9. The predicted molar refractivity (Wildman–Crippen MR) is 89.4 cm³/mol. The molecule has 0 amide bonds. The van der Waals surface area contributed by atoms with Gasteiger partial charge in [0.15, 0.2) is 0 Å². The smallest absolute Gasteiger partial charge is 0.138 e. The number of likely N-dealkylation sites (N-methyl/N-ethyl adjacent to an activating group) is 1. The number of halogens is 1. The number of nitrogens with one attached hydrogen (secondary N) is 1. The van der Waals surface area contributed by atoms with Crippen LogP contribution in [0, 0.1) is 6.92 Å². The van der Waals surface area contributed by atoms with Crippen molar-refractivity contribution in [2.75, 3.05) is 6.54 Å². The Bertz CT molecular complexity index is 592. The van der Waals surface area contributed by atoms with E-state index < -0.39 is 0 Å². The molecule has 0 aliphatic heterocycles. The fourth-order valence-electron chi connectivity index (χ4n) is 2.51. The molecule has 0 saturated carbocycles. The van der Waals surface area contributed by atoms with Gasteiger partial charge in [0.1, 0.15) is 12.2 Å². The molecule has 1 atom stereocenters. The highest BCUT2D eigenvalue weighted by atomic mass is 79.9. The predicted octanol–water partition coefficient (Wildman–Crippen LogP) is 3.82. The summed E-state index contributed by atoms with van der Waals surface area (Å²) in [5.41, 5.74) is 2.52. The van der Waals surface area contributed by atoms with E-state index in [1.807, 2.05) is 4.68 Å². The van der Waals surface area contributed by atoms with Gasteiger partial charge in [0, 0.05) is 23.0 Å². The molecule has 1 unspecified atom stereocenters. The van der Waals surface area contributed by atoms with Gasteiger partial charge in [0.2, 0.25) is 0 Å². The van der Waals surface area contributed by atoms with Crippen molar-refractivity contribution in [1.29, 1.82) is 0 Å². The Kier molecular flexibility index (Phi) is 5.53. The van der Waals surface area contributed by atoms with Crippen LogP contribution in [0.25, 0.3) is 0 Å². The Balaban J connectivity index is 2.31. The molecule has 1 aromatic heterocycles. The number of nitrogens with zero attached hydrogens (tertiary/aromatic N) is 3. The quantitative estimate of drug-likeness (QED) is 0.860. The number of rotatable bonds is 6. The Morgan fingerprint density at radius 2 is 2.10 bits per heavy atom. The molecule has 114 valence electrons. The maximum Gasteiger partial charge on any atom is 0.138 e. The SMILES string of the molecule is CCNC(Cc1ncnn1C(C)C)c1cccc(C)c1Br. The van der Waals surface area contributed by atoms with Crippen molar-refractivity contribution in [2.24, 2.45) is 0 Å². The summed E-state index contributed by atoms with van der Waals surface area (Å²) in [5.74, 6) is 1.02. The van der Waals surface area contributed by atoms with Crippen LogP contribution < -0.4 is 5.32 Å². The second-order valence-corrected chi connectivity index (χ2v) is 6.30. The van der Waals surface area contributed by atoms with Gasteiger partial charge < -0.3 is 5.32 Å². The Labute approximate surface area is 135 Å². The first-order chi connectivity index (χ1) is 10.0. The van der Waals surface area contributed by atoms with Crippen LogP contribution in [-0.2, 0) is 6.42 Å². The second kappa shape index (κ2) is 7.18. The molecule has 0 radical (unpaired) electrons. The van der Waals surface area contributed by atoms with Crippen LogP contribution in [0.4, 0.5) is 0 Å². The molecule has 1 N–H and O–H groups in total. The summed E-state index contributed by atoms with van der Waals surface area (Å²) in [5, 5.41) is 7.89. The van der Waals surface area contributed by atoms with Gasteiger partial charge >= 0.3 is 0 Å². The van der Waals surface area contributed by atoms with E-state index in [4.69, 9.17) is 0 Å². The largest absolute Gasteiger partial charge is 0.310 e. The lowest BCUT2D eigenvalue weighted by molar-refractivity contribution is 0.468. The highest BCUT2D eigenvalue weighted by Gasteiger charge is 2.18. The number of hydrogen-bond donors (Lipinski definition) is 1. The highest BCUT2D eigenvalue weighted by Crippen LogP contribution is 2.28. The Morgan fingerprint density at radius 3 is 2.76 bits per heavy atom. The maximum absolute atomic E-state index is 4.43. The van der Waals surface area contributed by atoms with Gasteiger partial charge in [-0.25, -0.2) is 9.67 Å². The van der Waals surface area contributed by atoms with Crippen LogP contribution in [0.5, 0.6) is 0 Å². The van der Waals surface area contributed by atoms with Crippen LogP contribution in [0.1, 0.15) is 49.8 Å². The molecule has 1 heterocycles. The zero-order valence-corrected chi connectivity index (χ0v) is 14.7. The average Bonchev–Trinajstić information content (AvgIpc) is 2.90. The van der Waals surface area contributed by atoms with Crippen LogP contribution in [0.3, 0.4) is 0 Å². The molecule has 4 nitrogen and oxygen atoms in total. The first kappa shape index (κ1) is 16.2. The van der Waals surface area contributed by atoms with Crippen LogP contribution in [-0.4, -0.2) is 21.3 Å². The van der Waals surface area contributed by atoms with Crippen molar-refractivity contribution < 1.29 is 0 Å². The lowest BCUT2D eigenvalue weighted by Crippen LogP contribution is -2.25. The molecule has 2 aromatic rings. The third-order valence-corrected chi connectivity index (χ3v) is 4.65. The number of aromatic nitrogens is 3. The van der Waals surface area contributed by atoms with Crippen molar-refractivity contribution >= 4 is 15.9 Å². The van der Waals surface area contributed by atoms with Gasteiger partial charge in [-0.05, 0) is 38.4 Å². The summed E-state index contributed by atoms with van der Waals surface area (Å²) in [4.78, 5) is 4.43. The van der Waals surface area contributed by atoms with Crippen LogP contribution in [0.2, 0.25) is 0 Å².